The van der Waals surface area contributed by atoms with E-state index < -0.39 is 42.0 Å². The van der Waals surface area contributed by atoms with Gasteiger partial charge in [0.25, 0.3) is 5.91 Å². The Morgan fingerprint density at radius 2 is 1.71 bits per heavy atom. The molecule has 4 atom stereocenters. The second-order valence-corrected chi connectivity index (χ2v) is 8.30. The number of ether oxygens (including phenoxy) is 1. The second kappa shape index (κ2) is 11.0. The minimum absolute atomic E-state index is 0.132. The number of carbonyl (C=O) groups excluding carboxylic acids is 3. The number of carbonyl (C=O) groups is 3. The van der Waals surface area contributed by atoms with Crippen LogP contribution >= 0.6 is 0 Å². The molecule has 0 fully saturated rings. The summed E-state index contributed by atoms with van der Waals surface area (Å²) in [6, 6.07) is 11.9. The van der Waals surface area contributed by atoms with E-state index in [9.17, 15) is 24.6 Å². The summed E-state index contributed by atoms with van der Waals surface area (Å²) in [5.74, 6) is -1.13. The molecule has 3 rings (SSSR count). The molecule has 0 spiro atoms. The Bertz CT molecular complexity index is 1070. The van der Waals surface area contributed by atoms with Crippen LogP contribution in [0.2, 0.25) is 0 Å². The van der Waals surface area contributed by atoms with Crippen LogP contribution in [-0.2, 0) is 16.0 Å². The smallest absolute Gasteiger partial charge is 0.251 e. The summed E-state index contributed by atoms with van der Waals surface area (Å²) in [6.45, 7) is 1.89. The summed E-state index contributed by atoms with van der Waals surface area (Å²) in [7, 11) is 1.54. The van der Waals surface area contributed by atoms with E-state index in [1.165, 1.54) is 6.08 Å². The zero-order valence-corrected chi connectivity index (χ0v) is 19.0. The van der Waals surface area contributed by atoms with E-state index in [-0.39, 0.29) is 18.4 Å². The number of hydrogen-bond acceptors (Lipinski definition) is 6. The number of amides is 3. The molecule has 0 bridgehead atoms. The minimum Gasteiger partial charge on any atom is -0.497 e. The quantitative estimate of drug-likeness (QED) is 0.378. The molecule has 3 amide bonds. The maximum atomic E-state index is 12.9. The highest BCUT2D eigenvalue weighted by Gasteiger charge is 2.34. The Morgan fingerprint density at radius 3 is 2.29 bits per heavy atom. The van der Waals surface area contributed by atoms with Gasteiger partial charge in [0.2, 0.25) is 11.8 Å². The van der Waals surface area contributed by atoms with Gasteiger partial charge >= 0.3 is 0 Å². The molecular formula is C25H29N3O6. The third kappa shape index (κ3) is 6.21. The van der Waals surface area contributed by atoms with Crippen LogP contribution in [0.4, 0.5) is 0 Å². The number of nitrogens with one attached hydrogen (secondary N) is 2. The molecule has 0 aromatic heterocycles. The molecule has 180 valence electrons. The number of primary amides is 1. The Morgan fingerprint density at radius 1 is 1.06 bits per heavy atom. The van der Waals surface area contributed by atoms with Gasteiger partial charge in [0.15, 0.2) is 0 Å². The van der Waals surface area contributed by atoms with Crippen molar-refractivity contribution < 1.29 is 29.3 Å². The maximum Gasteiger partial charge on any atom is 0.251 e. The number of hydrogen-bond donors (Lipinski definition) is 5. The Labute approximate surface area is 197 Å². The zero-order chi connectivity index (χ0) is 24.8. The van der Waals surface area contributed by atoms with Crippen LogP contribution in [0.3, 0.4) is 0 Å². The van der Waals surface area contributed by atoms with Crippen LogP contribution in [0.5, 0.6) is 5.75 Å². The number of aliphatic hydroxyl groups excluding tert-OH is 2. The van der Waals surface area contributed by atoms with Gasteiger partial charge in [0.1, 0.15) is 17.9 Å². The molecule has 0 unspecified atom stereocenters. The topological polar surface area (TPSA) is 151 Å². The molecule has 0 saturated heterocycles. The molecule has 2 aromatic carbocycles. The van der Waals surface area contributed by atoms with Gasteiger partial charge in [0, 0.05) is 24.0 Å². The second-order valence-electron chi connectivity index (χ2n) is 8.30. The van der Waals surface area contributed by atoms with E-state index in [4.69, 9.17) is 10.5 Å². The van der Waals surface area contributed by atoms with E-state index in [1.54, 1.807) is 55.6 Å². The monoisotopic (exact) mass is 467 g/mol. The molecule has 34 heavy (non-hydrogen) atoms. The lowest BCUT2D eigenvalue weighted by molar-refractivity contribution is -0.125. The van der Waals surface area contributed by atoms with Crippen molar-refractivity contribution in [2.24, 2.45) is 5.73 Å². The predicted molar refractivity (Wildman–Crippen MR) is 125 cm³/mol. The summed E-state index contributed by atoms with van der Waals surface area (Å²) in [4.78, 5) is 37.4. The van der Waals surface area contributed by atoms with Gasteiger partial charge in [-0.05, 0) is 36.8 Å². The summed E-state index contributed by atoms with van der Waals surface area (Å²) in [5.41, 5.74) is 7.76. The van der Waals surface area contributed by atoms with Crippen LogP contribution in [0.15, 0.2) is 60.2 Å². The fourth-order valence-electron chi connectivity index (χ4n) is 3.67. The van der Waals surface area contributed by atoms with Gasteiger partial charge in [-0.1, -0.05) is 35.9 Å². The summed E-state index contributed by atoms with van der Waals surface area (Å²) < 4.78 is 5.11. The number of nitrogens with two attached hydrogens (primary N) is 1. The number of aliphatic hydroxyl groups is 2. The Hall–Kier alpha value is -3.69. The SMILES string of the molecule is COc1ccc(C[C@H](NC(=O)C2=C[C@@H](NC(=O)c3ccc(C)cc3)[C@@H](O)[C@H](O)C2)C(N)=O)cc1. The molecule has 1 aliphatic rings. The van der Waals surface area contributed by atoms with Crippen molar-refractivity contribution in [3.8, 4) is 5.75 Å². The minimum atomic E-state index is -1.29. The van der Waals surface area contributed by atoms with Gasteiger partial charge in [-0.3, -0.25) is 14.4 Å². The van der Waals surface area contributed by atoms with E-state index in [0.29, 0.717) is 11.3 Å². The third-order valence-corrected chi connectivity index (χ3v) is 5.72. The lowest BCUT2D eigenvalue weighted by atomic mass is 9.89. The maximum absolute atomic E-state index is 12.9. The highest BCUT2D eigenvalue weighted by molar-refractivity contribution is 5.98. The number of rotatable bonds is 8. The van der Waals surface area contributed by atoms with E-state index in [2.05, 4.69) is 10.6 Å². The fraction of sp³-hybridized carbons (Fsp3) is 0.320. The van der Waals surface area contributed by atoms with Gasteiger partial charge in [0.05, 0.1) is 19.3 Å². The van der Waals surface area contributed by atoms with Crippen molar-refractivity contribution in [2.45, 2.75) is 44.1 Å². The van der Waals surface area contributed by atoms with Gasteiger partial charge in [-0.25, -0.2) is 0 Å². The van der Waals surface area contributed by atoms with Crippen LogP contribution in [0.1, 0.15) is 27.9 Å². The average molecular weight is 468 g/mol. The fourth-order valence-corrected chi connectivity index (χ4v) is 3.67. The molecule has 6 N–H and O–H groups in total. The zero-order valence-electron chi connectivity index (χ0n) is 19.0. The largest absolute Gasteiger partial charge is 0.497 e. The summed E-state index contributed by atoms with van der Waals surface area (Å²) in [6.07, 6.45) is -1.15. The normalized spacial score (nSPS) is 20.6. The van der Waals surface area contributed by atoms with Crippen LogP contribution in [-0.4, -0.2) is 59.3 Å². The lowest BCUT2D eigenvalue weighted by Crippen LogP contribution is -2.52. The van der Waals surface area contributed by atoms with E-state index in [1.807, 2.05) is 6.92 Å². The van der Waals surface area contributed by atoms with Crippen molar-refractivity contribution in [3.63, 3.8) is 0 Å². The van der Waals surface area contributed by atoms with Crippen LogP contribution in [0, 0.1) is 6.92 Å². The van der Waals surface area contributed by atoms with Crippen molar-refractivity contribution in [2.75, 3.05) is 7.11 Å². The summed E-state index contributed by atoms with van der Waals surface area (Å²) >= 11 is 0. The molecule has 0 saturated carbocycles. The predicted octanol–water partition coefficient (Wildman–Crippen LogP) is 0.367. The van der Waals surface area contributed by atoms with Crippen molar-refractivity contribution in [1.82, 2.24) is 10.6 Å². The molecular weight excluding hydrogens is 438 g/mol. The standard InChI is InChI=1S/C25H29N3O6/c1-14-3-7-16(8-4-14)24(32)27-19-12-17(13-21(29)22(19)30)25(33)28-20(23(26)31)11-15-5-9-18(34-2)10-6-15/h3-10,12,19-22,29-30H,11,13H2,1-2H3,(H2,26,31)(H,27,32)(H,28,33)/t19-,20+,21-,22-/m1/s1. The molecule has 0 radical (unpaired) electrons. The highest BCUT2D eigenvalue weighted by atomic mass is 16.5. The molecule has 9 heteroatoms. The highest BCUT2D eigenvalue weighted by Crippen LogP contribution is 2.21. The van der Waals surface area contributed by atoms with Gasteiger partial charge < -0.3 is 31.3 Å². The molecule has 1 aliphatic carbocycles. The number of benzene rings is 2. The van der Waals surface area contributed by atoms with Crippen molar-refractivity contribution in [3.05, 3.63) is 76.9 Å². The third-order valence-electron chi connectivity index (χ3n) is 5.72. The van der Waals surface area contributed by atoms with E-state index in [0.717, 1.165) is 11.1 Å². The first-order chi connectivity index (χ1) is 16.2. The molecule has 0 heterocycles. The van der Waals surface area contributed by atoms with Crippen molar-refractivity contribution >= 4 is 17.7 Å². The number of methoxy groups -OCH3 is 1. The first-order valence-corrected chi connectivity index (χ1v) is 10.9. The van der Waals surface area contributed by atoms with Crippen LogP contribution in [0.25, 0.3) is 0 Å². The Kier molecular flexibility index (Phi) is 8.04. The van der Waals surface area contributed by atoms with E-state index >= 15 is 0 Å². The molecule has 9 nitrogen and oxygen atoms in total. The molecule has 0 aliphatic heterocycles. The van der Waals surface area contributed by atoms with Gasteiger partial charge in [-0.2, -0.15) is 0 Å². The lowest BCUT2D eigenvalue weighted by Gasteiger charge is -2.31. The Balaban J connectivity index is 1.72. The summed E-state index contributed by atoms with van der Waals surface area (Å²) in [5, 5.41) is 25.9. The van der Waals surface area contributed by atoms with Crippen molar-refractivity contribution in [1.29, 1.82) is 0 Å². The first-order valence-electron chi connectivity index (χ1n) is 10.9. The van der Waals surface area contributed by atoms with Crippen LogP contribution < -0.4 is 21.1 Å². The average Bonchev–Trinajstić information content (AvgIpc) is 2.82. The van der Waals surface area contributed by atoms with Gasteiger partial charge in [-0.15, -0.1) is 0 Å². The first kappa shape index (κ1) is 24.9. The number of aryl methyl sites for hydroxylation is 1. The molecule has 2 aromatic rings.